The fraction of sp³-hybridized carbons (Fsp3) is 0.875. The summed E-state index contributed by atoms with van der Waals surface area (Å²) in [6, 6.07) is 0.419. The molecular formula is C8H14NO. The van der Waals surface area contributed by atoms with Crippen molar-refractivity contribution in [2.24, 2.45) is 5.92 Å². The molecule has 0 saturated heterocycles. The Morgan fingerprint density at radius 3 is 2.80 bits per heavy atom. The van der Waals surface area contributed by atoms with E-state index in [4.69, 9.17) is 0 Å². The van der Waals surface area contributed by atoms with Crippen LogP contribution in [-0.4, -0.2) is 12.5 Å². The average Bonchev–Trinajstić information content (AvgIpc) is 2.69. The molecule has 1 saturated carbocycles. The molecule has 0 aromatic heterocycles. The Balaban J connectivity index is 2.19. The van der Waals surface area contributed by atoms with Gasteiger partial charge in [-0.1, -0.05) is 13.3 Å². The summed E-state index contributed by atoms with van der Waals surface area (Å²) in [5, 5.41) is 2.74. The third-order valence-corrected chi connectivity index (χ3v) is 2.04. The highest BCUT2D eigenvalue weighted by Crippen LogP contribution is 2.34. The Labute approximate surface area is 62.0 Å². The van der Waals surface area contributed by atoms with Gasteiger partial charge in [-0.15, -0.1) is 0 Å². The van der Waals surface area contributed by atoms with Crippen LogP contribution in [0.1, 0.15) is 32.6 Å². The average molecular weight is 140 g/mol. The van der Waals surface area contributed by atoms with E-state index in [9.17, 15) is 4.79 Å². The first-order chi connectivity index (χ1) is 4.88. The zero-order chi connectivity index (χ0) is 7.40. The Morgan fingerprint density at radius 2 is 2.40 bits per heavy atom. The molecule has 10 heavy (non-hydrogen) atoms. The van der Waals surface area contributed by atoms with Crippen LogP contribution in [0.25, 0.3) is 0 Å². The molecule has 0 bridgehead atoms. The lowest BCUT2D eigenvalue weighted by molar-refractivity contribution is 0.465. The number of nitrogens with one attached hydrogen (secondary N) is 1. The van der Waals surface area contributed by atoms with Crippen molar-refractivity contribution < 1.29 is 4.79 Å². The van der Waals surface area contributed by atoms with E-state index in [1.54, 1.807) is 6.41 Å². The minimum atomic E-state index is 0.419. The van der Waals surface area contributed by atoms with E-state index in [1.165, 1.54) is 12.8 Å². The molecule has 1 rings (SSSR count). The zero-order valence-corrected chi connectivity index (χ0v) is 6.39. The first-order valence-corrected chi connectivity index (χ1v) is 4.01. The zero-order valence-electron chi connectivity index (χ0n) is 6.39. The van der Waals surface area contributed by atoms with Crippen LogP contribution in [0, 0.1) is 5.92 Å². The van der Waals surface area contributed by atoms with Crippen LogP contribution in [0.3, 0.4) is 0 Å². The van der Waals surface area contributed by atoms with Crippen LogP contribution in [-0.2, 0) is 4.79 Å². The summed E-state index contributed by atoms with van der Waals surface area (Å²) in [6.45, 7) is 2.14. The summed E-state index contributed by atoms with van der Waals surface area (Å²) in [5.41, 5.74) is 0. The molecule has 0 aliphatic heterocycles. The maximum Gasteiger partial charge on any atom is 0.309 e. The molecule has 1 amide bonds. The molecule has 0 aromatic rings. The Hall–Kier alpha value is -0.530. The molecule has 57 valence electrons. The van der Waals surface area contributed by atoms with Crippen LogP contribution < -0.4 is 5.32 Å². The summed E-state index contributed by atoms with van der Waals surface area (Å²) in [6.07, 6.45) is 6.62. The van der Waals surface area contributed by atoms with E-state index < -0.39 is 0 Å². The van der Waals surface area contributed by atoms with E-state index in [0.717, 1.165) is 18.8 Å². The van der Waals surface area contributed by atoms with E-state index in [1.807, 2.05) is 0 Å². The van der Waals surface area contributed by atoms with Crippen molar-refractivity contribution in [1.82, 2.24) is 5.32 Å². The third-order valence-electron chi connectivity index (χ3n) is 2.04. The van der Waals surface area contributed by atoms with Crippen molar-refractivity contribution in [3.8, 4) is 0 Å². The van der Waals surface area contributed by atoms with Gasteiger partial charge in [0, 0.05) is 6.04 Å². The summed E-state index contributed by atoms with van der Waals surface area (Å²) in [7, 11) is 0. The lowest BCUT2D eigenvalue weighted by atomic mass is 10.1. The highest BCUT2D eigenvalue weighted by Gasteiger charge is 2.29. The summed E-state index contributed by atoms with van der Waals surface area (Å²) in [4.78, 5) is 9.99. The van der Waals surface area contributed by atoms with Crippen molar-refractivity contribution >= 4 is 6.41 Å². The number of carbonyl (C=O) groups excluding carboxylic acids is 1. The molecule has 1 radical (unpaired) electrons. The van der Waals surface area contributed by atoms with Gasteiger partial charge in [0.1, 0.15) is 0 Å². The van der Waals surface area contributed by atoms with Gasteiger partial charge in [0.05, 0.1) is 0 Å². The molecule has 0 aromatic carbocycles. The molecule has 1 aliphatic rings. The van der Waals surface area contributed by atoms with Gasteiger partial charge in [-0.05, 0) is 25.2 Å². The molecule has 1 N–H and O–H groups in total. The normalized spacial score (nSPS) is 20.1. The minimum absolute atomic E-state index is 0.419. The third kappa shape index (κ3) is 2.01. The van der Waals surface area contributed by atoms with Gasteiger partial charge >= 0.3 is 6.41 Å². The largest absolute Gasteiger partial charge is 0.345 e. The van der Waals surface area contributed by atoms with Crippen LogP contribution in [0.4, 0.5) is 0 Å². The number of hydrogen-bond donors (Lipinski definition) is 1. The SMILES string of the molecule is CCCC(N[C]=O)C1CC1. The predicted molar refractivity (Wildman–Crippen MR) is 40.2 cm³/mol. The Kier molecular flexibility index (Phi) is 2.72. The standard InChI is InChI=1S/C8H14NO/c1-2-3-8(9-6-10)7-4-5-7/h7-8H,2-5H2,1H3,(H,9,10). The van der Waals surface area contributed by atoms with Crippen molar-refractivity contribution in [1.29, 1.82) is 0 Å². The van der Waals surface area contributed by atoms with Gasteiger partial charge in [0.25, 0.3) is 0 Å². The van der Waals surface area contributed by atoms with Gasteiger partial charge in [0.15, 0.2) is 0 Å². The molecule has 0 heterocycles. The number of amides is 1. The van der Waals surface area contributed by atoms with E-state index in [2.05, 4.69) is 12.2 Å². The summed E-state index contributed by atoms with van der Waals surface area (Å²) >= 11 is 0. The van der Waals surface area contributed by atoms with Crippen LogP contribution in [0.2, 0.25) is 0 Å². The Morgan fingerprint density at radius 1 is 1.70 bits per heavy atom. The highest BCUT2D eigenvalue weighted by atomic mass is 16.1. The summed E-state index contributed by atoms with van der Waals surface area (Å²) < 4.78 is 0. The van der Waals surface area contributed by atoms with Gasteiger partial charge in [-0.3, -0.25) is 4.79 Å². The van der Waals surface area contributed by atoms with Gasteiger partial charge in [-0.2, -0.15) is 0 Å². The molecular weight excluding hydrogens is 126 g/mol. The molecule has 1 fully saturated rings. The quantitative estimate of drug-likeness (QED) is 0.571. The summed E-state index contributed by atoms with van der Waals surface area (Å²) in [5.74, 6) is 0.765. The van der Waals surface area contributed by atoms with Gasteiger partial charge in [-0.25, -0.2) is 0 Å². The highest BCUT2D eigenvalue weighted by molar-refractivity contribution is 5.47. The van der Waals surface area contributed by atoms with Crippen LogP contribution in [0.5, 0.6) is 0 Å². The fourth-order valence-electron chi connectivity index (χ4n) is 1.31. The number of rotatable bonds is 5. The van der Waals surface area contributed by atoms with Crippen molar-refractivity contribution in [3.63, 3.8) is 0 Å². The smallest absolute Gasteiger partial charge is 0.309 e. The molecule has 1 atom stereocenters. The second-order valence-electron chi connectivity index (χ2n) is 2.98. The number of hydrogen-bond acceptors (Lipinski definition) is 1. The molecule has 0 spiro atoms. The minimum Gasteiger partial charge on any atom is -0.345 e. The first kappa shape index (κ1) is 7.58. The molecule has 1 aliphatic carbocycles. The maximum atomic E-state index is 9.99. The van der Waals surface area contributed by atoms with E-state index in [0.29, 0.717) is 6.04 Å². The molecule has 1 unspecified atom stereocenters. The van der Waals surface area contributed by atoms with Gasteiger partial charge in [0.2, 0.25) is 0 Å². The van der Waals surface area contributed by atoms with Crippen LogP contribution in [0.15, 0.2) is 0 Å². The Bertz CT molecular complexity index is 110. The van der Waals surface area contributed by atoms with E-state index >= 15 is 0 Å². The lowest BCUT2D eigenvalue weighted by Gasteiger charge is -2.12. The van der Waals surface area contributed by atoms with Crippen LogP contribution >= 0.6 is 0 Å². The van der Waals surface area contributed by atoms with Gasteiger partial charge < -0.3 is 5.32 Å². The topological polar surface area (TPSA) is 29.1 Å². The second kappa shape index (κ2) is 3.59. The van der Waals surface area contributed by atoms with E-state index in [-0.39, 0.29) is 0 Å². The van der Waals surface area contributed by atoms with Crippen molar-refractivity contribution in [3.05, 3.63) is 0 Å². The first-order valence-electron chi connectivity index (χ1n) is 4.01. The molecule has 2 nitrogen and oxygen atoms in total. The monoisotopic (exact) mass is 140 g/mol. The lowest BCUT2D eigenvalue weighted by Crippen LogP contribution is -2.29. The fourth-order valence-corrected chi connectivity index (χ4v) is 1.31. The second-order valence-corrected chi connectivity index (χ2v) is 2.98. The van der Waals surface area contributed by atoms with Crippen molar-refractivity contribution in [2.45, 2.75) is 38.6 Å². The maximum absolute atomic E-state index is 9.99. The molecule has 2 heteroatoms. The van der Waals surface area contributed by atoms with Crippen molar-refractivity contribution in [2.75, 3.05) is 0 Å². The predicted octanol–water partition coefficient (Wildman–Crippen LogP) is 1.22.